The second-order valence-corrected chi connectivity index (χ2v) is 6.40. The number of anilines is 1. The first-order valence-electron chi connectivity index (χ1n) is 6.75. The van der Waals surface area contributed by atoms with Crippen LogP contribution in [0, 0.1) is 5.41 Å². The molecule has 0 atom stereocenters. The van der Waals surface area contributed by atoms with Crippen molar-refractivity contribution in [3.05, 3.63) is 22.7 Å². The Morgan fingerprint density at radius 3 is 2.50 bits per heavy atom. The number of carbonyl (C=O) groups is 1. The van der Waals surface area contributed by atoms with Crippen molar-refractivity contribution in [2.24, 2.45) is 5.41 Å². The monoisotopic (exact) mass is 279 g/mol. The molecule has 0 saturated heterocycles. The zero-order valence-corrected chi connectivity index (χ0v) is 12.3. The van der Waals surface area contributed by atoms with Gasteiger partial charge in [-0.3, -0.25) is 9.59 Å². The molecule has 0 unspecified atom stereocenters. The van der Waals surface area contributed by atoms with Gasteiger partial charge in [-0.2, -0.15) is 0 Å². The first-order chi connectivity index (χ1) is 9.17. The quantitative estimate of drug-likeness (QED) is 0.859. The van der Waals surface area contributed by atoms with Crippen LogP contribution < -0.4 is 10.9 Å². The van der Waals surface area contributed by atoms with Crippen LogP contribution >= 0.6 is 0 Å². The molecular formula is C14H21N3O3. The smallest absolute Gasteiger partial charge is 0.311 e. The third-order valence-corrected chi connectivity index (χ3v) is 4.34. The predicted octanol–water partition coefficient (Wildman–Crippen LogP) is 1.88. The number of aliphatic carboxylic acids is 1. The Balaban J connectivity index is 2.32. The van der Waals surface area contributed by atoms with Gasteiger partial charge in [-0.25, -0.2) is 4.98 Å². The maximum absolute atomic E-state index is 12.3. The fourth-order valence-corrected chi connectivity index (χ4v) is 1.87. The summed E-state index contributed by atoms with van der Waals surface area (Å²) >= 11 is 0. The van der Waals surface area contributed by atoms with Crippen LogP contribution in [0.5, 0.6) is 0 Å². The lowest BCUT2D eigenvalue weighted by Gasteiger charge is -2.39. The first kappa shape index (κ1) is 14.6. The molecule has 0 amide bonds. The highest BCUT2D eigenvalue weighted by Crippen LogP contribution is 2.35. The molecule has 1 aliphatic rings. The molecule has 0 radical (unpaired) electrons. The van der Waals surface area contributed by atoms with Gasteiger partial charge in [0.25, 0.3) is 5.56 Å². The van der Waals surface area contributed by atoms with Gasteiger partial charge >= 0.3 is 5.97 Å². The van der Waals surface area contributed by atoms with Crippen molar-refractivity contribution >= 4 is 11.8 Å². The second-order valence-electron chi connectivity index (χ2n) is 6.40. The number of rotatable bonds is 5. The van der Waals surface area contributed by atoms with Crippen molar-refractivity contribution in [2.45, 2.75) is 52.1 Å². The van der Waals surface area contributed by atoms with Gasteiger partial charge in [0, 0.05) is 24.0 Å². The number of carboxylic acid groups (broad SMARTS) is 1. The van der Waals surface area contributed by atoms with E-state index in [4.69, 9.17) is 0 Å². The summed E-state index contributed by atoms with van der Waals surface area (Å²) in [4.78, 5) is 27.8. The molecule has 1 heterocycles. The van der Waals surface area contributed by atoms with Gasteiger partial charge in [-0.1, -0.05) is 0 Å². The van der Waals surface area contributed by atoms with Gasteiger partial charge in [0.2, 0.25) is 0 Å². The van der Waals surface area contributed by atoms with Crippen LogP contribution in [0.25, 0.3) is 0 Å². The maximum Gasteiger partial charge on any atom is 0.311 e. The number of nitrogens with zero attached hydrogens (tertiary/aromatic N) is 2. The summed E-state index contributed by atoms with van der Waals surface area (Å²) in [5, 5.41) is 12.3. The van der Waals surface area contributed by atoms with E-state index in [0.717, 1.165) is 12.8 Å². The molecular weight excluding hydrogens is 258 g/mol. The van der Waals surface area contributed by atoms with Crippen LogP contribution in [-0.2, 0) is 4.79 Å². The normalized spacial score (nSPS) is 16.0. The molecule has 0 bridgehead atoms. The Kier molecular flexibility index (Phi) is 3.36. The highest BCUT2D eigenvalue weighted by Gasteiger charge is 2.44. The zero-order valence-electron chi connectivity index (χ0n) is 12.3. The molecule has 6 heteroatoms. The van der Waals surface area contributed by atoms with Crippen LogP contribution in [0.2, 0.25) is 0 Å². The molecule has 110 valence electrons. The van der Waals surface area contributed by atoms with Crippen LogP contribution in [-0.4, -0.2) is 26.2 Å². The molecule has 1 aromatic heterocycles. The fourth-order valence-electron chi connectivity index (χ4n) is 1.87. The largest absolute Gasteiger partial charge is 0.481 e. The highest BCUT2D eigenvalue weighted by molar-refractivity contribution is 5.76. The first-order valence-corrected chi connectivity index (χ1v) is 6.75. The summed E-state index contributed by atoms with van der Waals surface area (Å²) in [5.41, 5.74) is -2.04. The van der Waals surface area contributed by atoms with Gasteiger partial charge in [-0.05, 0) is 40.5 Å². The third kappa shape index (κ3) is 2.42. The summed E-state index contributed by atoms with van der Waals surface area (Å²) in [6.45, 7) is 6.78. The number of hydrogen-bond acceptors (Lipinski definition) is 4. The molecule has 0 spiro atoms. The molecule has 1 aliphatic carbocycles. The summed E-state index contributed by atoms with van der Waals surface area (Å²) in [5.74, 6) is -0.716. The van der Waals surface area contributed by atoms with E-state index in [-0.39, 0.29) is 17.4 Å². The Labute approximate surface area is 117 Å². The molecule has 1 saturated carbocycles. The van der Waals surface area contributed by atoms with E-state index in [1.807, 2.05) is 0 Å². The average Bonchev–Trinajstić information content (AvgIpc) is 3.15. The molecule has 2 N–H and O–H groups in total. The second kappa shape index (κ2) is 4.61. The molecule has 0 aromatic carbocycles. The minimum atomic E-state index is -1.04. The third-order valence-electron chi connectivity index (χ3n) is 4.34. The number of aromatic nitrogens is 2. The number of carboxylic acids is 1. The lowest BCUT2D eigenvalue weighted by atomic mass is 9.74. The SMILES string of the molecule is CC(C)(Nc1nccn(C2CC2)c1=O)C(C)(C)C(=O)O. The summed E-state index contributed by atoms with van der Waals surface area (Å²) in [7, 11) is 0. The molecule has 6 nitrogen and oxygen atoms in total. The van der Waals surface area contributed by atoms with Crippen molar-refractivity contribution in [3.8, 4) is 0 Å². The molecule has 1 fully saturated rings. The van der Waals surface area contributed by atoms with Crippen LogP contribution in [0.4, 0.5) is 5.82 Å². The lowest BCUT2D eigenvalue weighted by molar-refractivity contribution is -0.149. The Morgan fingerprint density at radius 1 is 1.40 bits per heavy atom. The minimum absolute atomic E-state index is 0.190. The van der Waals surface area contributed by atoms with Crippen LogP contribution in [0.1, 0.15) is 46.6 Å². The molecule has 20 heavy (non-hydrogen) atoms. The van der Waals surface area contributed by atoms with Gasteiger partial charge in [-0.15, -0.1) is 0 Å². The Morgan fingerprint density at radius 2 is 2.00 bits per heavy atom. The summed E-state index contributed by atoms with van der Waals surface area (Å²) < 4.78 is 1.67. The van der Waals surface area contributed by atoms with Gasteiger partial charge in [0.15, 0.2) is 5.82 Å². The van der Waals surface area contributed by atoms with Crippen LogP contribution in [0.15, 0.2) is 17.2 Å². The van der Waals surface area contributed by atoms with Crippen molar-refractivity contribution in [1.29, 1.82) is 0 Å². The zero-order chi connectivity index (χ0) is 15.1. The van der Waals surface area contributed by atoms with E-state index in [1.54, 1.807) is 44.7 Å². The van der Waals surface area contributed by atoms with Crippen LogP contribution in [0.3, 0.4) is 0 Å². The lowest BCUT2D eigenvalue weighted by Crippen LogP contribution is -2.51. The van der Waals surface area contributed by atoms with Gasteiger partial charge < -0.3 is 15.0 Å². The van der Waals surface area contributed by atoms with E-state index in [9.17, 15) is 14.7 Å². The molecule has 1 aromatic rings. The number of hydrogen-bond donors (Lipinski definition) is 2. The van der Waals surface area contributed by atoms with Gasteiger partial charge in [0.1, 0.15) is 0 Å². The molecule has 0 aliphatic heterocycles. The van der Waals surface area contributed by atoms with E-state index in [1.165, 1.54) is 0 Å². The highest BCUT2D eigenvalue weighted by atomic mass is 16.4. The van der Waals surface area contributed by atoms with Crippen molar-refractivity contribution in [2.75, 3.05) is 5.32 Å². The van der Waals surface area contributed by atoms with E-state index >= 15 is 0 Å². The van der Waals surface area contributed by atoms with E-state index in [2.05, 4.69) is 10.3 Å². The summed E-state index contributed by atoms with van der Waals surface area (Å²) in [6, 6.07) is 0.265. The maximum atomic E-state index is 12.3. The fraction of sp³-hybridized carbons (Fsp3) is 0.643. The number of nitrogens with one attached hydrogen (secondary N) is 1. The molecule has 2 rings (SSSR count). The Bertz CT molecular complexity index is 586. The van der Waals surface area contributed by atoms with Crippen molar-refractivity contribution < 1.29 is 9.90 Å². The average molecular weight is 279 g/mol. The standard InChI is InChI=1S/C14H21N3O3/c1-13(2,12(19)20)14(3,4)16-10-11(18)17(8-7-15-10)9-5-6-9/h7-9H,5-6H2,1-4H3,(H,15,16)(H,19,20). The van der Waals surface area contributed by atoms with E-state index in [0.29, 0.717) is 0 Å². The Hall–Kier alpha value is -1.85. The van der Waals surface area contributed by atoms with Crippen molar-refractivity contribution in [3.63, 3.8) is 0 Å². The minimum Gasteiger partial charge on any atom is -0.481 e. The van der Waals surface area contributed by atoms with E-state index < -0.39 is 16.9 Å². The summed E-state index contributed by atoms with van der Waals surface area (Å²) in [6.07, 6.45) is 5.27. The van der Waals surface area contributed by atoms with Crippen molar-refractivity contribution in [1.82, 2.24) is 9.55 Å². The topological polar surface area (TPSA) is 84.2 Å². The van der Waals surface area contributed by atoms with Gasteiger partial charge in [0.05, 0.1) is 5.41 Å². The predicted molar refractivity (Wildman–Crippen MR) is 75.9 cm³/mol.